The van der Waals surface area contributed by atoms with Crippen LogP contribution in [0.2, 0.25) is 0 Å². The predicted octanol–water partition coefficient (Wildman–Crippen LogP) is 4.12. The SMILES string of the molecule is CC(C(=O)O)N1CCN(C(=O)[C@H](NC(=O)OCC2c3ccccc3-c3ccccc32)[C@H](C)OCc2ccccc2)CC1. The number of nitrogens with zero attached hydrogens (tertiary/aromatic N) is 2. The molecule has 1 unspecified atom stereocenters. The number of rotatable bonds is 10. The Kier molecular flexibility index (Phi) is 9.19. The number of carboxylic acids is 1. The summed E-state index contributed by atoms with van der Waals surface area (Å²) in [6.07, 6.45) is -1.34. The van der Waals surface area contributed by atoms with Crippen molar-refractivity contribution in [3.05, 3.63) is 95.6 Å². The molecule has 9 heteroatoms. The van der Waals surface area contributed by atoms with Crippen LogP contribution < -0.4 is 5.32 Å². The first-order valence-electron chi connectivity index (χ1n) is 14.4. The molecule has 0 bridgehead atoms. The largest absolute Gasteiger partial charge is 0.480 e. The van der Waals surface area contributed by atoms with Gasteiger partial charge in [-0.05, 0) is 41.7 Å². The molecule has 2 aliphatic rings. The highest BCUT2D eigenvalue weighted by molar-refractivity contribution is 5.86. The van der Waals surface area contributed by atoms with Crippen LogP contribution in [0.25, 0.3) is 11.1 Å². The number of hydrogen-bond donors (Lipinski definition) is 2. The van der Waals surface area contributed by atoms with E-state index in [9.17, 15) is 19.5 Å². The lowest BCUT2D eigenvalue weighted by Gasteiger charge is -2.38. The monoisotopic (exact) mass is 571 g/mol. The van der Waals surface area contributed by atoms with Gasteiger partial charge < -0.3 is 24.8 Å². The summed E-state index contributed by atoms with van der Waals surface area (Å²) < 4.78 is 11.8. The van der Waals surface area contributed by atoms with Gasteiger partial charge in [0.2, 0.25) is 5.91 Å². The maximum atomic E-state index is 13.7. The van der Waals surface area contributed by atoms with Crippen molar-refractivity contribution in [3.63, 3.8) is 0 Å². The van der Waals surface area contributed by atoms with Gasteiger partial charge in [-0.1, -0.05) is 78.9 Å². The lowest BCUT2D eigenvalue weighted by atomic mass is 9.98. The first-order chi connectivity index (χ1) is 20.3. The van der Waals surface area contributed by atoms with E-state index in [1.54, 1.807) is 18.7 Å². The Hall–Kier alpha value is -4.21. The Balaban J connectivity index is 1.26. The molecule has 3 aromatic carbocycles. The van der Waals surface area contributed by atoms with E-state index in [1.165, 1.54) is 0 Å². The molecule has 0 saturated carbocycles. The molecular formula is C33H37N3O6. The number of ether oxygens (including phenoxy) is 2. The average Bonchev–Trinajstić information content (AvgIpc) is 3.35. The van der Waals surface area contributed by atoms with Crippen LogP contribution in [-0.2, 0) is 25.7 Å². The van der Waals surface area contributed by atoms with Gasteiger partial charge in [0.1, 0.15) is 18.7 Å². The van der Waals surface area contributed by atoms with E-state index in [-0.39, 0.29) is 25.0 Å². The summed E-state index contributed by atoms with van der Waals surface area (Å²) in [7, 11) is 0. The van der Waals surface area contributed by atoms with Gasteiger partial charge in [-0.3, -0.25) is 14.5 Å². The molecule has 220 valence electrons. The van der Waals surface area contributed by atoms with Crippen molar-refractivity contribution in [2.75, 3.05) is 32.8 Å². The highest BCUT2D eigenvalue weighted by Crippen LogP contribution is 2.44. The smallest absolute Gasteiger partial charge is 0.407 e. The van der Waals surface area contributed by atoms with Crippen molar-refractivity contribution in [2.24, 2.45) is 0 Å². The Morgan fingerprint density at radius 2 is 1.43 bits per heavy atom. The molecule has 9 nitrogen and oxygen atoms in total. The number of amides is 2. The number of aliphatic carboxylic acids is 1. The number of benzene rings is 3. The molecule has 42 heavy (non-hydrogen) atoms. The highest BCUT2D eigenvalue weighted by Gasteiger charge is 2.36. The van der Waals surface area contributed by atoms with E-state index < -0.39 is 30.3 Å². The summed E-state index contributed by atoms with van der Waals surface area (Å²) in [6, 6.07) is 24.2. The van der Waals surface area contributed by atoms with Crippen LogP contribution in [0.5, 0.6) is 0 Å². The van der Waals surface area contributed by atoms with Gasteiger partial charge >= 0.3 is 12.1 Å². The van der Waals surface area contributed by atoms with E-state index in [0.29, 0.717) is 26.2 Å². The highest BCUT2D eigenvalue weighted by atomic mass is 16.5. The molecule has 2 N–H and O–H groups in total. The molecule has 2 amide bonds. The normalized spacial score (nSPS) is 17.0. The fraction of sp³-hybridized carbons (Fsp3) is 0.364. The molecular weight excluding hydrogens is 534 g/mol. The van der Waals surface area contributed by atoms with Crippen molar-refractivity contribution in [1.29, 1.82) is 0 Å². The molecule has 3 aromatic rings. The zero-order chi connectivity index (χ0) is 29.6. The lowest BCUT2D eigenvalue weighted by molar-refractivity contribution is -0.145. The van der Waals surface area contributed by atoms with Crippen LogP contribution in [0.4, 0.5) is 4.79 Å². The Morgan fingerprint density at radius 3 is 2.02 bits per heavy atom. The van der Waals surface area contributed by atoms with Crippen LogP contribution in [0.1, 0.15) is 36.5 Å². The van der Waals surface area contributed by atoms with Gasteiger partial charge in [-0.2, -0.15) is 0 Å². The molecule has 1 saturated heterocycles. The standard InChI is InChI=1S/C33H37N3O6/c1-22(32(38)39)35-16-18-36(19-17-35)31(37)30(23(2)41-20-24-10-4-3-5-11-24)34-33(40)42-21-29-27-14-8-6-12-25(27)26-13-7-9-15-28(26)29/h3-15,22-23,29-30H,16-21H2,1-2H3,(H,34,40)(H,38,39)/t22?,23-,30+/m0/s1. The number of piperazine rings is 1. The Bertz CT molecular complexity index is 1360. The second-order valence-corrected chi connectivity index (χ2v) is 10.8. The van der Waals surface area contributed by atoms with Crippen LogP contribution in [0, 0.1) is 0 Å². The first-order valence-corrected chi connectivity index (χ1v) is 14.4. The van der Waals surface area contributed by atoms with Gasteiger partial charge in [0, 0.05) is 32.1 Å². The Morgan fingerprint density at radius 1 is 0.857 bits per heavy atom. The van der Waals surface area contributed by atoms with Crippen molar-refractivity contribution >= 4 is 18.0 Å². The summed E-state index contributed by atoms with van der Waals surface area (Å²) in [5.74, 6) is -1.28. The third-order valence-corrected chi connectivity index (χ3v) is 8.24. The zero-order valence-electron chi connectivity index (χ0n) is 23.9. The third-order valence-electron chi connectivity index (χ3n) is 8.24. The number of fused-ring (bicyclic) bond motifs is 3. The third kappa shape index (κ3) is 6.48. The fourth-order valence-corrected chi connectivity index (χ4v) is 5.73. The minimum absolute atomic E-state index is 0.103. The summed E-state index contributed by atoms with van der Waals surface area (Å²) in [5.41, 5.74) is 5.43. The number of hydrogen-bond acceptors (Lipinski definition) is 6. The van der Waals surface area contributed by atoms with Crippen LogP contribution in [-0.4, -0.2) is 83.8 Å². The second-order valence-electron chi connectivity index (χ2n) is 10.8. The Labute approximate surface area is 246 Å². The van der Waals surface area contributed by atoms with Crippen molar-refractivity contribution < 1.29 is 29.0 Å². The molecule has 5 rings (SSSR count). The fourth-order valence-electron chi connectivity index (χ4n) is 5.73. The van der Waals surface area contributed by atoms with Gasteiger partial charge in [0.05, 0.1) is 12.7 Å². The molecule has 1 aliphatic carbocycles. The van der Waals surface area contributed by atoms with Crippen molar-refractivity contribution in [3.8, 4) is 11.1 Å². The average molecular weight is 572 g/mol. The molecule has 1 aliphatic heterocycles. The summed E-state index contributed by atoms with van der Waals surface area (Å²) in [6.45, 7) is 5.37. The van der Waals surface area contributed by atoms with E-state index >= 15 is 0 Å². The number of carboxylic acid groups (broad SMARTS) is 1. The molecule has 1 heterocycles. The number of nitrogens with one attached hydrogen (secondary N) is 1. The minimum atomic E-state index is -0.979. The van der Waals surface area contributed by atoms with E-state index in [0.717, 1.165) is 27.8 Å². The van der Waals surface area contributed by atoms with Crippen LogP contribution in [0.15, 0.2) is 78.9 Å². The maximum absolute atomic E-state index is 13.7. The summed E-state index contributed by atoms with van der Waals surface area (Å²) in [5, 5.41) is 12.1. The molecule has 0 aromatic heterocycles. The van der Waals surface area contributed by atoms with E-state index in [1.807, 2.05) is 59.5 Å². The van der Waals surface area contributed by atoms with Gasteiger partial charge in [0.25, 0.3) is 0 Å². The molecule has 1 fully saturated rings. The van der Waals surface area contributed by atoms with E-state index in [4.69, 9.17) is 9.47 Å². The zero-order valence-corrected chi connectivity index (χ0v) is 23.9. The van der Waals surface area contributed by atoms with E-state index in [2.05, 4.69) is 29.6 Å². The first kappa shape index (κ1) is 29.3. The topological polar surface area (TPSA) is 108 Å². The second kappa shape index (κ2) is 13.2. The molecule has 0 spiro atoms. The lowest BCUT2D eigenvalue weighted by Crippen LogP contribution is -2.59. The van der Waals surface area contributed by atoms with Crippen LogP contribution >= 0.6 is 0 Å². The number of carbonyl (C=O) groups excluding carboxylic acids is 2. The number of alkyl carbamates (subject to hydrolysis) is 1. The summed E-state index contributed by atoms with van der Waals surface area (Å²) >= 11 is 0. The predicted molar refractivity (Wildman–Crippen MR) is 158 cm³/mol. The summed E-state index contributed by atoms with van der Waals surface area (Å²) in [4.78, 5) is 41.8. The van der Waals surface area contributed by atoms with Crippen molar-refractivity contribution in [2.45, 2.75) is 44.6 Å². The molecule has 3 atom stereocenters. The van der Waals surface area contributed by atoms with Gasteiger partial charge in [0.15, 0.2) is 0 Å². The van der Waals surface area contributed by atoms with Crippen molar-refractivity contribution in [1.82, 2.24) is 15.1 Å². The van der Waals surface area contributed by atoms with Gasteiger partial charge in [-0.25, -0.2) is 4.79 Å². The van der Waals surface area contributed by atoms with Gasteiger partial charge in [-0.15, -0.1) is 0 Å². The molecule has 0 radical (unpaired) electrons. The quantitative estimate of drug-likeness (QED) is 0.377. The minimum Gasteiger partial charge on any atom is -0.480 e. The van der Waals surface area contributed by atoms with Crippen LogP contribution in [0.3, 0.4) is 0 Å². The maximum Gasteiger partial charge on any atom is 0.407 e. The number of carbonyl (C=O) groups is 3.